The van der Waals surface area contributed by atoms with E-state index in [0.29, 0.717) is 5.75 Å². The molecule has 1 aromatic rings. The Morgan fingerprint density at radius 3 is 2.83 bits per heavy atom. The molecule has 3 heteroatoms. The average Bonchev–Trinajstić information content (AvgIpc) is 2.20. The summed E-state index contributed by atoms with van der Waals surface area (Å²) in [6.07, 6.45) is 0.237. The lowest BCUT2D eigenvalue weighted by atomic mass is 10.0. The first-order valence-corrected chi connectivity index (χ1v) is 6.54. The van der Waals surface area contributed by atoms with Gasteiger partial charge in [0.2, 0.25) is 0 Å². The lowest BCUT2D eigenvalue weighted by molar-refractivity contribution is -0.130. The van der Waals surface area contributed by atoms with Gasteiger partial charge >= 0.3 is 0 Å². The smallest absolute Gasteiger partial charge is 0.120 e. The van der Waals surface area contributed by atoms with Crippen molar-refractivity contribution < 1.29 is 9.84 Å². The number of benzene rings is 1. The van der Waals surface area contributed by atoms with Crippen LogP contribution >= 0.6 is 0 Å². The molecule has 1 saturated heterocycles. The number of phenols is 1. The molecule has 0 amide bonds. The molecule has 18 heavy (non-hydrogen) atoms. The number of phenolic OH excluding ortho intramolecular Hbond substituents is 1. The van der Waals surface area contributed by atoms with Crippen LogP contribution in [0.5, 0.6) is 5.75 Å². The van der Waals surface area contributed by atoms with Gasteiger partial charge in [0, 0.05) is 25.2 Å². The predicted octanol–water partition coefficient (Wildman–Crippen LogP) is 2.70. The molecule has 2 rings (SSSR count). The number of rotatable bonds is 2. The topological polar surface area (TPSA) is 32.7 Å². The summed E-state index contributed by atoms with van der Waals surface area (Å²) in [5, 5.41) is 9.90. The van der Waals surface area contributed by atoms with Crippen molar-refractivity contribution in [2.24, 2.45) is 0 Å². The number of hydrogen-bond acceptors (Lipinski definition) is 3. The monoisotopic (exact) mass is 249 g/mol. The highest BCUT2D eigenvalue weighted by Gasteiger charge is 2.31. The fraction of sp³-hybridized carbons (Fsp3) is 0.600. The molecule has 3 nitrogen and oxygen atoms in total. The Labute approximate surface area is 109 Å². The molecular weight excluding hydrogens is 226 g/mol. The Bertz CT molecular complexity index is 429. The van der Waals surface area contributed by atoms with Gasteiger partial charge < -0.3 is 9.84 Å². The van der Waals surface area contributed by atoms with Gasteiger partial charge in [-0.25, -0.2) is 0 Å². The first-order chi connectivity index (χ1) is 8.35. The molecule has 0 aliphatic carbocycles. The molecule has 1 fully saturated rings. The summed E-state index contributed by atoms with van der Waals surface area (Å²) in [4.78, 5) is 2.35. The zero-order chi connectivity index (χ0) is 13.3. The van der Waals surface area contributed by atoms with Crippen LogP contribution in [0.1, 0.15) is 31.9 Å². The summed E-state index contributed by atoms with van der Waals surface area (Å²) in [5.74, 6) is 0.387. The van der Waals surface area contributed by atoms with Crippen molar-refractivity contribution in [1.82, 2.24) is 4.90 Å². The molecule has 1 unspecified atom stereocenters. The number of nitrogens with zero attached hydrogens (tertiary/aromatic N) is 1. The second-order valence-electron chi connectivity index (χ2n) is 5.99. The molecule has 0 bridgehead atoms. The van der Waals surface area contributed by atoms with Crippen LogP contribution in [0.4, 0.5) is 0 Å². The number of aromatic hydroxyl groups is 1. The van der Waals surface area contributed by atoms with Crippen LogP contribution < -0.4 is 0 Å². The van der Waals surface area contributed by atoms with Crippen molar-refractivity contribution in [3.63, 3.8) is 0 Å². The van der Waals surface area contributed by atoms with Crippen molar-refractivity contribution in [2.75, 3.05) is 13.1 Å². The number of ether oxygens (including phenoxy) is 1. The minimum absolute atomic E-state index is 0.114. The van der Waals surface area contributed by atoms with E-state index in [1.807, 2.05) is 6.07 Å². The Hall–Kier alpha value is -1.06. The maximum absolute atomic E-state index is 9.90. The molecule has 1 heterocycles. The number of hydrogen-bond donors (Lipinski definition) is 1. The number of morpholine rings is 1. The third kappa shape index (κ3) is 3.24. The van der Waals surface area contributed by atoms with E-state index >= 15 is 0 Å². The SMILES string of the molecule is Cc1ccc(O)c(CN2CC(C)OC(C)(C)C2)c1. The highest BCUT2D eigenvalue weighted by Crippen LogP contribution is 2.25. The normalized spacial score (nSPS) is 24.1. The molecule has 1 N–H and O–H groups in total. The summed E-state index contributed by atoms with van der Waals surface area (Å²) in [6.45, 7) is 11.0. The zero-order valence-electron chi connectivity index (χ0n) is 11.7. The Balaban J connectivity index is 2.11. The average molecular weight is 249 g/mol. The van der Waals surface area contributed by atoms with Gasteiger partial charge in [-0.3, -0.25) is 4.90 Å². The molecule has 0 saturated carbocycles. The van der Waals surface area contributed by atoms with Crippen molar-refractivity contribution in [3.8, 4) is 5.75 Å². The minimum Gasteiger partial charge on any atom is -0.508 e. The van der Waals surface area contributed by atoms with E-state index < -0.39 is 0 Å². The molecule has 1 aliphatic rings. The first kappa shape index (κ1) is 13.4. The van der Waals surface area contributed by atoms with E-state index in [1.54, 1.807) is 6.07 Å². The number of aryl methyl sites for hydroxylation is 1. The van der Waals surface area contributed by atoms with E-state index in [-0.39, 0.29) is 11.7 Å². The second-order valence-corrected chi connectivity index (χ2v) is 5.99. The van der Waals surface area contributed by atoms with Gasteiger partial charge in [-0.2, -0.15) is 0 Å². The fourth-order valence-electron chi connectivity index (χ4n) is 2.79. The Morgan fingerprint density at radius 2 is 2.17 bits per heavy atom. The molecule has 1 aromatic carbocycles. The predicted molar refractivity (Wildman–Crippen MR) is 72.7 cm³/mol. The molecular formula is C15H23NO2. The summed E-state index contributed by atoms with van der Waals surface area (Å²) < 4.78 is 5.89. The van der Waals surface area contributed by atoms with Crippen LogP contribution in [0.15, 0.2) is 18.2 Å². The molecule has 0 spiro atoms. The van der Waals surface area contributed by atoms with Crippen LogP contribution in [0.3, 0.4) is 0 Å². The van der Waals surface area contributed by atoms with Crippen LogP contribution in [0, 0.1) is 6.92 Å². The van der Waals surface area contributed by atoms with Gasteiger partial charge in [0.25, 0.3) is 0 Å². The maximum Gasteiger partial charge on any atom is 0.120 e. The second kappa shape index (κ2) is 4.90. The standard InChI is InChI=1S/C15H23NO2/c1-11-5-6-14(17)13(7-11)9-16-8-12(2)18-15(3,4)10-16/h5-7,12,17H,8-10H2,1-4H3. The van der Waals surface area contributed by atoms with Gasteiger partial charge in [-0.05, 0) is 33.8 Å². The van der Waals surface area contributed by atoms with Gasteiger partial charge in [0.05, 0.1) is 11.7 Å². The van der Waals surface area contributed by atoms with E-state index in [4.69, 9.17) is 4.74 Å². The molecule has 100 valence electrons. The van der Waals surface area contributed by atoms with E-state index in [0.717, 1.165) is 25.2 Å². The van der Waals surface area contributed by atoms with Gasteiger partial charge in [0.1, 0.15) is 5.75 Å². The largest absolute Gasteiger partial charge is 0.508 e. The van der Waals surface area contributed by atoms with Crippen molar-refractivity contribution in [3.05, 3.63) is 29.3 Å². The van der Waals surface area contributed by atoms with Gasteiger partial charge in [-0.1, -0.05) is 17.7 Å². The van der Waals surface area contributed by atoms with E-state index in [2.05, 4.69) is 38.7 Å². The summed E-state index contributed by atoms with van der Waals surface area (Å²) in [5.41, 5.74) is 2.07. The Kier molecular flexibility index (Phi) is 3.64. The van der Waals surface area contributed by atoms with Crippen LogP contribution in [-0.4, -0.2) is 34.8 Å². The van der Waals surface area contributed by atoms with Gasteiger partial charge in [-0.15, -0.1) is 0 Å². The molecule has 0 aromatic heterocycles. The lowest BCUT2D eigenvalue weighted by Crippen LogP contribution is -2.51. The minimum atomic E-state index is -0.114. The van der Waals surface area contributed by atoms with Crippen molar-refractivity contribution in [2.45, 2.75) is 45.9 Å². The molecule has 1 aliphatic heterocycles. The third-order valence-electron chi connectivity index (χ3n) is 3.27. The highest BCUT2D eigenvalue weighted by molar-refractivity contribution is 5.35. The summed E-state index contributed by atoms with van der Waals surface area (Å²) in [6, 6.07) is 5.77. The summed E-state index contributed by atoms with van der Waals surface area (Å²) >= 11 is 0. The van der Waals surface area contributed by atoms with Gasteiger partial charge in [0.15, 0.2) is 0 Å². The third-order valence-corrected chi connectivity index (χ3v) is 3.27. The molecule has 0 radical (unpaired) electrons. The quantitative estimate of drug-likeness (QED) is 0.874. The first-order valence-electron chi connectivity index (χ1n) is 6.54. The fourth-order valence-corrected chi connectivity index (χ4v) is 2.79. The van der Waals surface area contributed by atoms with Crippen molar-refractivity contribution >= 4 is 0 Å². The lowest BCUT2D eigenvalue weighted by Gasteiger charge is -2.41. The Morgan fingerprint density at radius 1 is 1.44 bits per heavy atom. The van der Waals surface area contributed by atoms with Crippen molar-refractivity contribution in [1.29, 1.82) is 0 Å². The van der Waals surface area contributed by atoms with Crippen LogP contribution in [0.2, 0.25) is 0 Å². The summed E-state index contributed by atoms with van der Waals surface area (Å²) in [7, 11) is 0. The van der Waals surface area contributed by atoms with E-state index in [9.17, 15) is 5.11 Å². The zero-order valence-corrected chi connectivity index (χ0v) is 11.7. The van der Waals surface area contributed by atoms with E-state index in [1.165, 1.54) is 5.56 Å². The highest BCUT2D eigenvalue weighted by atomic mass is 16.5. The maximum atomic E-state index is 9.90. The molecule has 1 atom stereocenters. The van der Waals surface area contributed by atoms with Crippen LogP contribution in [0.25, 0.3) is 0 Å². The van der Waals surface area contributed by atoms with Crippen LogP contribution in [-0.2, 0) is 11.3 Å².